The van der Waals surface area contributed by atoms with Crippen molar-refractivity contribution in [2.24, 2.45) is 0 Å². The van der Waals surface area contributed by atoms with Crippen LogP contribution in [0.15, 0.2) is 36.4 Å². The van der Waals surface area contributed by atoms with Crippen molar-refractivity contribution in [1.29, 1.82) is 5.26 Å². The van der Waals surface area contributed by atoms with Gasteiger partial charge in [-0.15, -0.1) is 0 Å². The Morgan fingerprint density at radius 3 is 2.27 bits per heavy atom. The molecule has 0 saturated carbocycles. The number of thiocarbonyl (C=S) groups is 1. The van der Waals surface area contributed by atoms with E-state index in [1.807, 2.05) is 0 Å². The highest BCUT2D eigenvalue weighted by molar-refractivity contribution is 7.81. The van der Waals surface area contributed by atoms with Crippen LogP contribution in [0.25, 0.3) is 0 Å². The van der Waals surface area contributed by atoms with E-state index >= 15 is 4.39 Å². The fourth-order valence-corrected chi connectivity index (χ4v) is 5.73. The lowest BCUT2D eigenvalue weighted by atomic mass is 10.0. The fraction of sp³-hybridized carbons (Fsp3) is 0.467. The molecule has 0 unspecified atom stereocenters. The fourth-order valence-electron chi connectivity index (χ4n) is 5.21. The lowest BCUT2D eigenvalue weighted by Gasteiger charge is -2.34. The van der Waals surface area contributed by atoms with Gasteiger partial charge in [0.15, 0.2) is 16.7 Å². The molecule has 14 heteroatoms. The smallest absolute Gasteiger partial charge is 0.417 e. The summed E-state index contributed by atoms with van der Waals surface area (Å²) in [4.78, 5) is 31.7. The normalized spacial score (nSPS) is 17.6. The molecule has 0 N–H and O–H groups in total. The van der Waals surface area contributed by atoms with Gasteiger partial charge in [0.2, 0.25) is 0 Å². The Bertz CT molecular complexity index is 1450. The van der Waals surface area contributed by atoms with E-state index in [9.17, 15) is 22.8 Å². The van der Waals surface area contributed by atoms with Gasteiger partial charge >= 0.3 is 12.1 Å². The van der Waals surface area contributed by atoms with Gasteiger partial charge in [0.25, 0.3) is 5.91 Å². The van der Waals surface area contributed by atoms with Gasteiger partial charge in [-0.3, -0.25) is 19.4 Å². The zero-order chi connectivity index (χ0) is 32.2. The maximum atomic E-state index is 15.2. The summed E-state index contributed by atoms with van der Waals surface area (Å²) < 4.78 is 66.6. The molecule has 44 heavy (non-hydrogen) atoms. The number of rotatable bonds is 10. The predicted molar refractivity (Wildman–Crippen MR) is 159 cm³/mol. The summed E-state index contributed by atoms with van der Waals surface area (Å²) in [6.07, 6.45) is -4.47. The molecule has 4 rings (SSSR count). The van der Waals surface area contributed by atoms with E-state index in [0.29, 0.717) is 32.2 Å². The van der Waals surface area contributed by atoms with E-state index < -0.39 is 34.6 Å². The second-order valence-electron chi connectivity index (χ2n) is 10.9. The lowest BCUT2D eigenvalue weighted by molar-refractivity contribution is -0.143. The second kappa shape index (κ2) is 13.5. The average Bonchev–Trinajstić information content (AvgIpc) is 3.15. The zero-order valence-corrected chi connectivity index (χ0v) is 25.4. The van der Waals surface area contributed by atoms with Crippen LogP contribution >= 0.6 is 12.2 Å². The average molecular weight is 636 g/mol. The Balaban J connectivity index is 1.39. The van der Waals surface area contributed by atoms with E-state index in [1.54, 1.807) is 6.92 Å². The first-order valence-electron chi connectivity index (χ1n) is 14.1. The third-order valence-corrected chi connectivity index (χ3v) is 7.96. The van der Waals surface area contributed by atoms with Gasteiger partial charge in [-0.1, -0.05) is 0 Å². The highest BCUT2D eigenvalue weighted by atomic mass is 32.1. The Labute approximate surface area is 258 Å². The Morgan fingerprint density at radius 1 is 1.05 bits per heavy atom. The van der Waals surface area contributed by atoms with Crippen LogP contribution in [0.3, 0.4) is 0 Å². The number of nitrogens with zero attached hydrogens (tertiary/aromatic N) is 5. The summed E-state index contributed by atoms with van der Waals surface area (Å²) in [6, 6.07) is 8.56. The van der Waals surface area contributed by atoms with E-state index in [-0.39, 0.29) is 34.8 Å². The second-order valence-corrected chi connectivity index (χ2v) is 11.2. The number of carbonyl (C=O) groups is 2. The van der Waals surface area contributed by atoms with Crippen molar-refractivity contribution in [3.8, 4) is 11.8 Å². The van der Waals surface area contributed by atoms with Crippen LogP contribution in [0.2, 0.25) is 0 Å². The van der Waals surface area contributed by atoms with Crippen LogP contribution in [-0.4, -0.2) is 84.8 Å². The maximum absolute atomic E-state index is 15.2. The van der Waals surface area contributed by atoms with Crippen LogP contribution in [-0.2, 0) is 20.5 Å². The SMILES string of the molecule is CCOC(=O)CCN1CCN(CCOc2ccc(N3C(=S)N(c4ccc(C#N)c(C(F)(F)F)c4)C(=O)C3(C)C)cc2F)CC1. The molecule has 236 valence electrons. The van der Waals surface area contributed by atoms with Crippen LogP contribution in [0, 0.1) is 17.1 Å². The Morgan fingerprint density at radius 2 is 1.68 bits per heavy atom. The predicted octanol–water partition coefficient (Wildman–Crippen LogP) is 4.58. The minimum absolute atomic E-state index is 0.00911. The third-order valence-electron chi connectivity index (χ3n) is 7.60. The maximum Gasteiger partial charge on any atom is 0.417 e. The summed E-state index contributed by atoms with van der Waals surface area (Å²) in [7, 11) is 0. The Hall–Kier alpha value is -3.80. The van der Waals surface area contributed by atoms with Crippen molar-refractivity contribution >= 4 is 40.6 Å². The van der Waals surface area contributed by atoms with Gasteiger partial charge in [0.1, 0.15) is 12.1 Å². The summed E-state index contributed by atoms with van der Waals surface area (Å²) in [5.41, 5.74) is -3.04. The first-order valence-corrected chi connectivity index (χ1v) is 14.5. The lowest BCUT2D eigenvalue weighted by Crippen LogP contribution is -2.47. The first-order chi connectivity index (χ1) is 20.8. The molecule has 1 amide bonds. The van der Waals surface area contributed by atoms with Gasteiger partial charge in [-0.05, 0) is 63.3 Å². The monoisotopic (exact) mass is 635 g/mol. The van der Waals surface area contributed by atoms with Gasteiger partial charge in [0, 0.05) is 51.0 Å². The third kappa shape index (κ3) is 7.11. The molecule has 0 aliphatic carbocycles. The number of nitriles is 1. The van der Waals surface area contributed by atoms with Crippen molar-refractivity contribution in [2.75, 3.05) is 62.3 Å². The Kier molecular flexibility index (Phi) is 10.1. The minimum Gasteiger partial charge on any atom is -0.489 e. The summed E-state index contributed by atoms with van der Waals surface area (Å²) in [6.45, 7) is 9.82. The number of ether oxygens (including phenoxy) is 2. The molecule has 2 aliphatic heterocycles. The highest BCUT2D eigenvalue weighted by Crippen LogP contribution is 2.40. The van der Waals surface area contributed by atoms with Crippen molar-refractivity contribution in [1.82, 2.24) is 9.80 Å². The number of hydrogen-bond donors (Lipinski definition) is 0. The summed E-state index contributed by atoms with van der Waals surface area (Å²) >= 11 is 5.52. The molecule has 2 heterocycles. The number of piperazine rings is 1. The quantitative estimate of drug-likeness (QED) is 0.212. The van der Waals surface area contributed by atoms with E-state index in [1.165, 1.54) is 49.1 Å². The van der Waals surface area contributed by atoms with Crippen LogP contribution in [0.5, 0.6) is 5.75 Å². The summed E-state index contributed by atoms with van der Waals surface area (Å²) in [5, 5.41) is 8.98. The molecule has 9 nitrogen and oxygen atoms in total. The molecule has 0 spiro atoms. The summed E-state index contributed by atoms with van der Waals surface area (Å²) in [5.74, 6) is -1.49. The van der Waals surface area contributed by atoms with Gasteiger partial charge in [-0.2, -0.15) is 18.4 Å². The standard InChI is InChI=1S/C30H33F4N5O4S/c1-4-42-26(40)9-10-36-11-13-37(14-12-36)15-16-43-25-8-7-22(18-24(25)31)39-28(44)38(27(41)29(39,2)3)21-6-5-20(19-35)23(17-21)30(32,33)34/h5-8,17-18H,4,9-16H2,1-3H3. The molecule has 0 bridgehead atoms. The van der Waals surface area contributed by atoms with Crippen molar-refractivity contribution in [3.63, 3.8) is 0 Å². The molecule has 0 radical (unpaired) electrons. The highest BCUT2D eigenvalue weighted by Gasteiger charge is 2.51. The van der Waals surface area contributed by atoms with Crippen LogP contribution in [0.4, 0.5) is 28.9 Å². The number of esters is 1. The van der Waals surface area contributed by atoms with E-state index in [4.69, 9.17) is 27.0 Å². The van der Waals surface area contributed by atoms with Crippen molar-refractivity contribution < 1.29 is 36.6 Å². The molecule has 2 saturated heterocycles. The molecule has 2 fully saturated rings. The van der Waals surface area contributed by atoms with Crippen LogP contribution in [0.1, 0.15) is 38.3 Å². The zero-order valence-electron chi connectivity index (χ0n) is 24.6. The largest absolute Gasteiger partial charge is 0.489 e. The van der Waals surface area contributed by atoms with E-state index in [0.717, 1.165) is 37.1 Å². The molecular weight excluding hydrogens is 602 g/mol. The number of amides is 1. The van der Waals surface area contributed by atoms with Crippen molar-refractivity contribution in [3.05, 3.63) is 53.3 Å². The topological polar surface area (TPSA) is 89.3 Å². The van der Waals surface area contributed by atoms with E-state index in [2.05, 4.69) is 9.80 Å². The first kappa shape index (κ1) is 33.1. The number of alkyl halides is 3. The van der Waals surface area contributed by atoms with Crippen molar-refractivity contribution in [2.45, 2.75) is 38.9 Å². The van der Waals surface area contributed by atoms with Crippen LogP contribution < -0.4 is 14.5 Å². The number of halogens is 4. The molecule has 0 atom stereocenters. The number of anilines is 2. The number of benzene rings is 2. The van der Waals surface area contributed by atoms with Gasteiger partial charge in [0.05, 0.1) is 35.9 Å². The van der Waals surface area contributed by atoms with Gasteiger partial charge in [-0.25, -0.2) is 4.39 Å². The number of hydrogen-bond acceptors (Lipinski definition) is 8. The molecular formula is C30H33F4N5O4S. The molecule has 2 aliphatic rings. The number of carbonyl (C=O) groups excluding carboxylic acids is 2. The molecule has 2 aromatic rings. The van der Waals surface area contributed by atoms with Gasteiger partial charge < -0.3 is 19.3 Å². The molecule has 0 aromatic heterocycles. The molecule has 2 aromatic carbocycles. The minimum atomic E-state index is -4.82.